The molecule has 1 aromatic heterocycles. The monoisotopic (exact) mass is 342 g/mol. The summed E-state index contributed by atoms with van der Waals surface area (Å²) < 4.78 is 5.23. The lowest BCUT2D eigenvalue weighted by Gasteiger charge is -2.13. The van der Waals surface area contributed by atoms with E-state index in [0.29, 0.717) is 16.1 Å². The van der Waals surface area contributed by atoms with Crippen molar-refractivity contribution in [3.05, 3.63) is 51.2 Å². The number of benzene rings is 1. The number of ether oxygens (including phenoxy) is 1. The number of carbonyl (C=O) groups excluding carboxylic acids is 2. The minimum absolute atomic E-state index is 0.353. The molecule has 1 unspecified atom stereocenters. The third kappa shape index (κ3) is 4.00. The molecule has 6 heteroatoms. The lowest BCUT2D eigenvalue weighted by Crippen LogP contribution is -2.30. The van der Waals surface area contributed by atoms with E-state index < -0.39 is 18.0 Å². The number of aryl methyl sites for hydroxylation is 2. The highest BCUT2D eigenvalue weighted by atomic mass is 32.1. The highest BCUT2D eigenvalue weighted by Gasteiger charge is 2.21. The Morgan fingerprint density at radius 2 is 2.08 bits per heavy atom. The van der Waals surface area contributed by atoms with Gasteiger partial charge in [-0.1, -0.05) is 19.1 Å². The molecule has 1 atom stereocenters. The van der Waals surface area contributed by atoms with Crippen LogP contribution in [0.4, 0.5) is 5.69 Å². The molecule has 0 spiro atoms. The number of nitriles is 1. The number of hydrogen-bond donors (Lipinski definition) is 1. The van der Waals surface area contributed by atoms with Crippen LogP contribution in [0, 0.1) is 18.3 Å². The summed E-state index contributed by atoms with van der Waals surface area (Å²) in [6.07, 6.45) is -0.118. The molecule has 2 aromatic rings. The van der Waals surface area contributed by atoms with Gasteiger partial charge in [0.15, 0.2) is 6.10 Å². The maximum Gasteiger partial charge on any atom is 0.349 e. The van der Waals surface area contributed by atoms with E-state index in [1.165, 1.54) is 18.3 Å². The second-order valence-corrected chi connectivity index (χ2v) is 6.50. The zero-order valence-corrected chi connectivity index (χ0v) is 14.6. The molecule has 1 heterocycles. The molecular formula is C18H18N2O3S. The minimum Gasteiger partial charge on any atom is -0.448 e. The number of anilines is 1. The van der Waals surface area contributed by atoms with Crippen LogP contribution in [0.3, 0.4) is 0 Å². The van der Waals surface area contributed by atoms with Crippen LogP contribution in [0.1, 0.15) is 39.5 Å². The number of amides is 1. The standard InChI is InChI=1S/C18H18N2O3S/c1-4-13-9-16(24-12(13)3)18(22)23-11(2)17(21)20-15-8-6-5-7-14(15)10-19/h5-9,11H,4H2,1-3H3,(H,20,21). The second kappa shape index (κ2) is 7.75. The summed E-state index contributed by atoms with van der Waals surface area (Å²) in [4.78, 5) is 25.9. The fourth-order valence-corrected chi connectivity index (χ4v) is 3.16. The highest BCUT2D eigenvalue weighted by Crippen LogP contribution is 2.23. The largest absolute Gasteiger partial charge is 0.448 e. The van der Waals surface area contributed by atoms with Gasteiger partial charge in [-0.2, -0.15) is 5.26 Å². The van der Waals surface area contributed by atoms with E-state index >= 15 is 0 Å². The Morgan fingerprint density at radius 3 is 2.71 bits per heavy atom. The zero-order valence-electron chi connectivity index (χ0n) is 13.8. The molecule has 2 rings (SSSR count). The maximum absolute atomic E-state index is 12.2. The van der Waals surface area contributed by atoms with E-state index in [9.17, 15) is 9.59 Å². The first-order valence-electron chi connectivity index (χ1n) is 7.56. The maximum atomic E-state index is 12.2. The van der Waals surface area contributed by atoms with Gasteiger partial charge >= 0.3 is 5.97 Å². The third-order valence-electron chi connectivity index (χ3n) is 3.56. The number of thiophene rings is 1. The topological polar surface area (TPSA) is 79.2 Å². The molecular weight excluding hydrogens is 324 g/mol. The number of hydrogen-bond acceptors (Lipinski definition) is 5. The molecule has 1 aromatic carbocycles. The van der Waals surface area contributed by atoms with Crippen molar-refractivity contribution in [2.75, 3.05) is 5.32 Å². The second-order valence-electron chi connectivity index (χ2n) is 5.24. The van der Waals surface area contributed by atoms with Gasteiger partial charge in [0.25, 0.3) is 5.91 Å². The first-order chi connectivity index (χ1) is 11.5. The number of rotatable bonds is 5. The lowest BCUT2D eigenvalue weighted by molar-refractivity contribution is -0.123. The fourth-order valence-electron chi connectivity index (χ4n) is 2.17. The molecule has 1 N–H and O–H groups in total. The van der Waals surface area contributed by atoms with Gasteiger partial charge < -0.3 is 10.1 Å². The van der Waals surface area contributed by atoms with Crippen molar-refractivity contribution in [3.8, 4) is 6.07 Å². The molecule has 0 aliphatic carbocycles. The van der Waals surface area contributed by atoms with Crippen LogP contribution in [-0.2, 0) is 16.0 Å². The summed E-state index contributed by atoms with van der Waals surface area (Å²) >= 11 is 1.36. The Labute approximate surface area is 144 Å². The van der Waals surface area contributed by atoms with Crippen molar-refractivity contribution in [1.82, 2.24) is 0 Å². The van der Waals surface area contributed by atoms with Crippen molar-refractivity contribution in [3.63, 3.8) is 0 Å². The molecule has 0 saturated heterocycles. The van der Waals surface area contributed by atoms with Crippen LogP contribution < -0.4 is 5.32 Å². The third-order valence-corrected chi connectivity index (χ3v) is 4.63. The van der Waals surface area contributed by atoms with Gasteiger partial charge in [-0.3, -0.25) is 4.79 Å². The molecule has 0 fully saturated rings. The average Bonchev–Trinajstić information content (AvgIpc) is 2.96. The van der Waals surface area contributed by atoms with Crippen LogP contribution in [0.5, 0.6) is 0 Å². The van der Waals surface area contributed by atoms with Gasteiger partial charge in [-0.25, -0.2) is 4.79 Å². The summed E-state index contributed by atoms with van der Waals surface area (Å²) in [5.41, 5.74) is 1.85. The van der Waals surface area contributed by atoms with Crippen LogP contribution in [0.25, 0.3) is 0 Å². The smallest absolute Gasteiger partial charge is 0.349 e. The number of esters is 1. The van der Waals surface area contributed by atoms with E-state index in [-0.39, 0.29) is 0 Å². The number of carbonyl (C=O) groups is 2. The van der Waals surface area contributed by atoms with Gasteiger partial charge in [0.2, 0.25) is 0 Å². The van der Waals surface area contributed by atoms with Crippen LogP contribution >= 0.6 is 11.3 Å². The van der Waals surface area contributed by atoms with Crippen molar-refractivity contribution in [2.45, 2.75) is 33.3 Å². The van der Waals surface area contributed by atoms with Crippen LogP contribution in [0.2, 0.25) is 0 Å². The van der Waals surface area contributed by atoms with Crippen molar-refractivity contribution < 1.29 is 14.3 Å². The average molecular weight is 342 g/mol. The minimum atomic E-state index is -0.961. The SMILES string of the molecule is CCc1cc(C(=O)OC(C)C(=O)Nc2ccccc2C#N)sc1C. The first kappa shape index (κ1) is 17.7. The summed E-state index contributed by atoms with van der Waals surface area (Å²) in [7, 11) is 0. The van der Waals surface area contributed by atoms with Gasteiger partial charge in [0.05, 0.1) is 11.3 Å². The Hall–Kier alpha value is -2.65. The zero-order chi connectivity index (χ0) is 17.7. The fraction of sp³-hybridized carbons (Fsp3) is 0.278. The van der Waals surface area contributed by atoms with Gasteiger partial charge in [-0.15, -0.1) is 11.3 Å². The van der Waals surface area contributed by atoms with Gasteiger partial charge in [-0.05, 0) is 44.0 Å². The quantitative estimate of drug-likeness (QED) is 0.841. The van der Waals surface area contributed by atoms with Gasteiger partial charge in [0, 0.05) is 4.88 Å². The molecule has 0 saturated carbocycles. The van der Waals surface area contributed by atoms with Crippen molar-refractivity contribution in [1.29, 1.82) is 5.26 Å². The van der Waals surface area contributed by atoms with Crippen LogP contribution in [0.15, 0.2) is 30.3 Å². The normalized spacial score (nSPS) is 11.4. The number of para-hydroxylation sites is 1. The van der Waals surface area contributed by atoms with Crippen LogP contribution in [-0.4, -0.2) is 18.0 Å². The molecule has 0 bridgehead atoms. The summed E-state index contributed by atoms with van der Waals surface area (Å²) in [5.74, 6) is -0.992. The molecule has 1 amide bonds. The summed E-state index contributed by atoms with van der Waals surface area (Å²) in [5, 5.41) is 11.6. The predicted molar refractivity (Wildman–Crippen MR) is 93.1 cm³/mol. The van der Waals surface area contributed by atoms with Gasteiger partial charge in [0.1, 0.15) is 10.9 Å². The van der Waals surface area contributed by atoms with Crippen molar-refractivity contribution in [2.24, 2.45) is 0 Å². The Balaban J connectivity index is 2.03. The van der Waals surface area contributed by atoms with E-state index in [1.54, 1.807) is 30.3 Å². The van der Waals surface area contributed by atoms with E-state index in [2.05, 4.69) is 5.32 Å². The molecule has 24 heavy (non-hydrogen) atoms. The first-order valence-corrected chi connectivity index (χ1v) is 8.38. The molecule has 0 radical (unpaired) electrons. The number of nitrogens with one attached hydrogen (secondary N) is 1. The molecule has 124 valence electrons. The van der Waals surface area contributed by atoms with E-state index in [1.807, 2.05) is 19.9 Å². The van der Waals surface area contributed by atoms with Crippen molar-refractivity contribution >= 4 is 28.9 Å². The molecule has 5 nitrogen and oxygen atoms in total. The Kier molecular flexibility index (Phi) is 5.72. The highest BCUT2D eigenvalue weighted by molar-refractivity contribution is 7.14. The summed E-state index contributed by atoms with van der Waals surface area (Å²) in [6.45, 7) is 5.48. The Morgan fingerprint density at radius 1 is 1.38 bits per heavy atom. The molecule has 0 aliphatic rings. The summed E-state index contributed by atoms with van der Waals surface area (Å²) in [6, 6.07) is 10.5. The van der Waals surface area contributed by atoms with E-state index in [0.717, 1.165) is 16.9 Å². The molecule has 0 aliphatic heterocycles. The predicted octanol–water partition coefficient (Wildman–Crippen LogP) is 3.67. The van der Waals surface area contributed by atoms with E-state index in [4.69, 9.17) is 10.00 Å². The lowest BCUT2D eigenvalue weighted by atomic mass is 10.2. The number of nitrogens with zero attached hydrogens (tertiary/aromatic N) is 1. The Bertz CT molecular complexity index is 805.